The Hall–Kier alpha value is -1.60. The summed E-state index contributed by atoms with van der Waals surface area (Å²) in [5.74, 6) is 0. The Balaban J connectivity index is 2.05. The van der Waals surface area contributed by atoms with Crippen molar-refractivity contribution in [3.05, 3.63) is 39.9 Å². The van der Waals surface area contributed by atoms with Gasteiger partial charge in [-0.15, -0.1) is 16.4 Å². The highest BCUT2D eigenvalue weighted by Gasteiger charge is 2.05. The van der Waals surface area contributed by atoms with Crippen LogP contribution in [0.1, 0.15) is 0 Å². The Morgan fingerprint density at radius 3 is 2.94 bits per heavy atom. The van der Waals surface area contributed by atoms with Crippen LogP contribution in [0.25, 0.3) is 16.9 Å². The van der Waals surface area contributed by atoms with Crippen LogP contribution in [-0.4, -0.2) is 25.2 Å². The lowest BCUT2D eigenvalue weighted by atomic mass is 10.1. The topological polar surface area (TPSA) is 56.5 Å². The number of rotatable bonds is 2. The standard InChI is InChI=1S/C10H6BrN5S/c11-10-13-9(5-17-10)7-2-1-3-8(4-7)16-6-12-14-15-16/h1-6H. The van der Waals surface area contributed by atoms with E-state index in [1.54, 1.807) is 22.3 Å². The van der Waals surface area contributed by atoms with Crippen molar-refractivity contribution < 1.29 is 0 Å². The molecule has 7 heteroatoms. The summed E-state index contributed by atoms with van der Waals surface area (Å²) >= 11 is 4.92. The highest BCUT2D eigenvalue weighted by atomic mass is 79.9. The quantitative estimate of drug-likeness (QED) is 0.730. The molecule has 2 heterocycles. The molecule has 0 amide bonds. The molecule has 0 atom stereocenters. The summed E-state index contributed by atoms with van der Waals surface area (Å²) in [6, 6.07) is 7.91. The van der Waals surface area contributed by atoms with Crippen LogP contribution < -0.4 is 0 Å². The Kier molecular flexibility index (Phi) is 2.69. The first kappa shape index (κ1) is 10.5. The lowest BCUT2D eigenvalue weighted by molar-refractivity contribution is 0.789. The number of hydrogen-bond acceptors (Lipinski definition) is 5. The predicted molar refractivity (Wildman–Crippen MR) is 68.0 cm³/mol. The van der Waals surface area contributed by atoms with Crippen LogP contribution in [0.5, 0.6) is 0 Å². The highest BCUT2D eigenvalue weighted by Crippen LogP contribution is 2.26. The molecule has 3 rings (SSSR count). The Labute approximate surface area is 109 Å². The van der Waals surface area contributed by atoms with E-state index in [1.165, 1.54) is 0 Å². The van der Waals surface area contributed by atoms with Crippen molar-refractivity contribution in [2.24, 2.45) is 0 Å². The Morgan fingerprint density at radius 1 is 1.29 bits per heavy atom. The van der Waals surface area contributed by atoms with Crippen molar-refractivity contribution in [1.82, 2.24) is 25.2 Å². The van der Waals surface area contributed by atoms with Gasteiger partial charge in [-0.3, -0.25) is 0 Å². The lowest BCUT2D eigenvalue weighted by Crippen LogP contribution is -1.95. The predicted octanol–water partition coefficient (Wildman–Crippen LogP) is 2.55. The molecule has 0 aliphatic heterocycles. The van der Waals surface area contributed by atoms with Crippen LogP contribution in [-0.2, 0) is 0 Å². The molecular weight excluding hydrogens is 302 g/mol. The summed E-state index contributed by atoms with van der Waals surface area (Å²) in [5.41, 5.74) is 2.90. The van der Waals surface area contributed by atoms with Gasteiger partial charge in [-0.25, -0.2) is 9.67 Å². The number of benzene rings is 1. The van der Waals surface area contributed by atoms with Gasteiger partial charge in [0.15, 0.2) is 3.92 Å². The normalized spacial score (nSPS) is 10.6. The van der Waals surface area contributed by atoms with Crippen LogP contribution in [0, 0.1) is 0 Å². The average Bonchev–Trinajstić information content (AvgIpc) is 3.00. The number of halogens is 1. The molecule has 0 fully saturated rings. The largest absolute Gasteiger partial charge is 0.229 e. The van der Waals surface area contributed by atoms with Crippen molar-refractivity contribution >= 4 is 27.3 Å². The summed E-state index contributed by atoms with van der Waals surface area (Å²) in [6.45, 7) is 0. The zero-order valence-corrected chi connectivity index (χ0v) is 10.9. The maximum atomic E-state index is 4.38. The third-order valence-corrected chi connectivity index (χ3v) is 3.60. The number of tetrazole rings is 1. The summed E-state index contributed by atoms with van der Waals surface area (Å²) < 4.78 is 2.49. The minimum Gasteiger partial charge on any atom is -0.229 e. The van der Waals surface area contributed by atoms with Gasteiger partial charge in [-0.2, -0.15) is 0 Å². The molecule has 17 heavy (non-hydrogen) atoms. The maximum Gasteiger partial charge on any atom is 0.159 e. The minimum atomic E-state index is 0.875. The molecular formula is C10H6BrN5S. The van der Waals surface area contributed by atoms with Gasteiger partial charge in [0.05, 0.1) is 11.4 Å². The molecule has 3 aromatic rings. The smallest absolute Gasteiger partial charge is 0.159 e. The van der Waals surface area contributed by atoms with E-state index in [0.29, 0.717) is 0 Å². The first-order chi connectivity index (χ1) is 8.33. The van der Waals surface area contributed by atoms with Crippen molar-refractivity contribution in [2.45, 2.75) is 0 Å². The monoisotopic (exact) mass is 307 g/mol. The van der Waals surface area contributed by atoms with E-state index >= 15 is 0 Å². The van der Waals surface area contributed by atoms with E-state index in [4.69, 9.17) is 0 Å². The van der Waals surface area contributed by atoms with Crippen molar-refractivity contribution in [1.29, 1.82) is 0 Å². The maximum absolute atomic E-state index is 4.38. The minimum absolute atomic E-state index is 0.875. The number of aromatic nitrogens is 5. The van der Waals surface area contributed by atoms with Crippen LogP contribution in [0.2, 0.25) is 0 Å². The van der Waals surface area contributed by atoms with Gasteiger partial charge in [0.25, 0.3) is 0 Å². The van der Waals surface area contributed by atoms with Crippen LogP contribution in [0.15, 0.2) is 39.9 Å². The van der Waals surface area contributed by atoms with E-state index in [0.717, 1.165) is 20.9 Å². The molecule has 0 saturated heterocycles. The van der Waals surface area contributed by atoms with E-state index < -0.39 is 0 Å². The zero-order valence-electron chi connectivity index (χ0n) is 8.49. The molecule has 1 aromatic carbocycles. The van der Waals surface area contributed by atoms with Gasteiger partial charge in [0, 0.05) is 10.9 Å². The fraction of sp³-hybridized carbons (Fsp3) is 0. The van der Waals surface area contributed by atoms with Crippen molar-refractivity contribution in [3.63, 3.8) is 0 Å². The molecule has 0 radical (unpaired) electrons. The molecule has 2 aromatic heterocycles. The fourth-order valence-corrected chi connectivity index (χ4v) is 2.49. The van der Waals surface area contributed by atoms with Gasteiger partial charge in [0.2, 0.25) is 0 Å². The average molecular weight is 308 g/mol. The summed E-state index contributed by atoms with van der Waals surface area (Å²) in [6.07, 6.45) is 1.57. The van der Waals surface area contributed by atoms with E-state index in [2.05, 4.69) is 36.4 Å². The van der Waals surface area contributed by atoms with Gasteiger partial charge in [-0.1, -0.05) is 12.1 Å². The fourth-order valence-electron chi connectivity index (χ4n) is 1.47. The molecule has 0 bridgehead atoms. The van der Waals surface area contributed by atoms with Crippen LogP contribution in [0.3, 0.4) is 0 Å². The summed E-state index contributed by atoms with van der Waals surface area (Å²) in [4.78, 5) is 4.38. The molecule has 0 N–H and O–H groups in total. The molecule has 0 aliphatic rings. The second-order valence-corrected chi connectivity index (χ2v) is 5.42. The molecule has 84 valence electrons. The van der Waals surface area contributed by atoms with Crippen LogP contribution in [0.4, 0.5) is 0 Å². The molecule has 5 nitrogen and oxygen atoms in total. The number of nitrogens with zero attached hydrogens (tertiary/aromatic N) is 5. The first-order valence-corrected chi connectivity index (χ1v) is 6.45. The molecule has 0 spiro atoms. The zero-order chi connectivity index (χ0) is 11.7. The van der Waals surface area contributed by atoms with Gasteiger partial charge >= 0.3 is 0 Å². The lowest BCUT2D eigenvalue weighted by Gasteiger charge is -2.01. The second-order valence-electron chi connectivity index (χ2n) is 3.29. The summed E-state index contributed by atoms with van der Waals surface area (Å²) in [7, 11) is 0. The SMILES string of the molecule is Brc1nc(-c2cccc(-n3cnnn3)c2)cs1. The van der Waals surface area contributed by atoms with Gasteiger partial charge in [0.1, 0.15) is 6.33 Å². The second kappa shape index (κ2) is 4.34. The summed E-state index contributed by atoms with van der Waals surface area (Å²) in [5, 5.41) is 13.1. The van der Waals surface area contributed by atoms with Crippen molar-refractivity contribution in [2.75, 3.05) is 0 Å². The molecule has 0 unspecified atom stereocenters. The first-order valence-electron chi connectivity index (χ1n) is 4.78. The van der Waals surface area contributed by atoms with Gasteiger partial charge < -0.3 is 0 Å². The Morgan fingerprint density at radius 2 is 2.24 bits per heavy atom. The van der Waals surface area contributed by atoms with E-state index in [-0.39, 0.29) is 0 Å². The molecule has 0 aliphatic carbocycles. The van der Waals surface area contributed by atoms with Crippen LogP contribution >= 0.6 is 27.3 Å². The van der Waals surface area contributed by atoms with E-state index in [1.807, 2.05) is 29.6 Å². The third-order valence-electron chi connectivity index (χ3n) is 2.23. The highest BCUT2D eigenvalue weighted by molar-refractivity contribution is 9.11. The number of thiazole rings is 1. The van der Waals surface area contributed by atoms with Gasteiger partial charge in [-0.05, 0) is 38.5 Å². The third kappa shape index (κ3) is 2.11. The Bertz CT molecular complexity index is 634. The van der Waals surface area contributed by atoms with E-state index in [9.17, 15) is 0 Å². The number of hydrogen-bond donors (Lipinski definition) is 0. The van der Waals surface area contributed by atoms with Crippen molar-refractivity contribution in [3.8, 4) is 16.9 Å². The molecule has 0 saturated carbocycles.